The number of esters is 3. The van der Waals surface area contributed by atoms with Crippen LogP contribution in [0, 0.1) is 16.7 Å². The van der Waals surface area contributed by atoms with Gasteiger partial charge < -0.3 is 19.8 Å². The highest BCUT2D eigenvalue weighted by Gasteiger charge is 2.58. The van der Waals surface area contributed by atoms with Gasteiger partial charge in [0.2, 0.25) is 0 Å². The normalized spacial score (nSPS) is 17.4. The van der Waals surface area contributed by atoms with Crippen molar-refractivity contribution in [1.29, 1.82) is 0 Å². The van der Waals surface area contributed by atoms with E-state index in [-0.39, 0.29) is 23.6 Å². The van der Waals surface area contributed by atoms with Crippen molar-refractivity contribution in [2.24, 2.45) is 16.7 Å². The van der Waals surface area contributed by atoms with Crippen molar-refractivity contribution < 1.29 is 23.9 Å². The first-order valence-electron chi connectivity index (χ1n) is 11.5. The van der Waals surface area contributed by atoms with E-state index in [1.54, 1.807) is 26.8 Å². The number of carbonyl (C=O) groups excluding carboxylic acids is 3. The van der Waals surface area contributed by atoms with Crippen molar-refractivity contribution in [3.63, 3.8) is 0 Å². The number of fused-ring (bicyclic) bond motifs is 1. The largest absolute Gasteiger partial charge is 0.438 e. The minimum absolute atomic E-state index is 0.0839. The van der Waals surface area contributed by atoms with Crippen molar-refractivity contribution in [2.45, 2.75) is 66.4 Å². The van der Waals surface area contributed by atoms with Gasteiger partial charge in [-0.25, -0.2) is 9.78 Å². The van der Waals surface area contributed by atoms with Crippen LogP contribution in [0.2, 0.25) is 0 Å². The number of nitrogens with zero attached hydrogens (tertiary/aromatic N) is 1. The van der Waals surface area contributed by atoms with E-state index in [2.05, 4.69) is 15.3 Å². The number of nitrogens with one attached hydrogen (secondary N) is 2. The Kier molecular flexibility index (Phi) is 6.98. The quantitative estimate of drug-likeness (QED) is 0.518. The van der Waals surface area contributed by atoms with Crippen LogP contribution in [0.1, 0.15) is 66.6 Å². The Bertz CT molecular complexity index is 992. The Morgan fingerprint density at radius 2 is 1.67 bits per heavy atom. The maximum Gasteiger partial charge on any atom is 0.366 e. The van der Waals surface area contributed by atoms with Crippen LogP contribution in [0.4, 0.5) is 0 Å². The third kappa shape index (κ3) is 5.43. The van der Waals surface area contributed by atoms with Crippen molar-refractivity contribution in [3.05, 3.63) is 30.1 Å². The number of benzene rings is 1. The van der Waals surface area contributed by atoms with Gasteiger partial charge in [-0.1, -0.05) is 53.7 Å². The predicted octanol–water partition coefficient (Wildman–Crippen LogP) is 3.85. The van der Waals surface area contributed by atoms with Crippen LogP contribution in [0.15, 0.2) is 24.3 Å². The molecule has 0 spiro atoms. The van der Waals surface area contributed by atoms with Crippen LogP contribution < -0.4 is 5.32 Å². The Labute approximate surface area is 194 Å². The van der Waals surface area contributed by atoms with Crippen LogP contribution >= 0.6 is 0 Å². The van der Waals surface area contributed by atoms with Crippen molar-refractivity contribution in [1.82, 2.24) is 15.3 Å². The minimum atomic E-state index is -1.93. The summed E-state index contributed by atoms with van der Waals surface area (Å²) >= 11 is 0. The maximum absolute atomic E-state index is 13.7. The summed E-state index contributed by atoms with van der Waals surface area (Å²) in [6, 6.07) is 7.29. The zero-order chi connectivity index (χ0) is 24.4. The summed E-state index contributed by atoms with van der Waals surface area (Å²) in [6.45, 7) is 12.4. The van der Waals surface area contributed by atoms with E-state index in [0.717, 1.165) is 0 Å². The highest BCUT2D eigenvalue weighted by molar-refractivity contribution is 5.94. The fourth-order valence-electron chi connectivity index (χ4n) is 4.06. The molecule has 1 aromatic carbocycles. The predicted molar refractivity (Wildman–Crippen MR) is 124 cm³/mol. The van der Waals surface area contributed by atoms with Crippen LogP contribution in [-0.4, -0.2) is 41.0 Å². The molecule has 0 bridgehead atoms. The molecule has 2 aromatic rings. The van der Waals surface area contributed by atoms with Gasteiger partial charge in [0.05, 0.1) is 23.4 Å². The van der Waals surface area contributed by atoms with E-state index in [1.807, 2.05) is 39.0 Å². The number of carbonyl (C=O) groups is 3. The summed E-state index contributed by atoms with van der Waals surface area (Å²) in [5.74, 6) is -2.34. The molecular formula is C25H35N3O5. The number of hydrogen-bond acceptors (Lipinski definition) is 7. The van der Waals surface area contributed by atoms with E-state index >= 15 is 0 Å². The molecule has 8 nitrogen and oxygen atoms in total. The third-order valence-corrected chi connectivity index (χ3v) is 5.87. The van der Waals surface area contributed by atoms with Crippen molar-refractivity contribution in [2.75, 3.05) is 13.1 Å². The molecule has 0 radical (unpaired) electrons. The Hall–Kier alpha value is -2.74. The van der Waals surface area contributed by atoms with E-state index in [9.17, 15) is 14.4 Å². The molecule has 1 unspecified atom stereocenters. The van der Waals surface area contributed by atoms with Gasteiger partial charge in [0.1, 0.15) is 0 Å². The van der Waals surface area contributed by atoms with Gasteiger partial charge in [-0.2, -0.15) is 0 Å². The van der Waals surface area contributed by atoms with Crippen LogP contribution in [0.25, 0.3) is 11.0 Å². The summed E-state index contributed by atoms with van der Waals surface area (Å²) in [4.78, 5) is 47.4. The molecule has 8 heteroatoms. The number of piperidine rings is 1. The highest BCUT2D eigenvalue weighted by atomic mass is 16.6. The van der Waals surface area contributed by atoms with Gasteiger partial charge in [0, 0.05) is 5.41 Å². The average Bonchev–Trinajstić information content (AvgIpc) is 3.14. The lowest BCUT2D eigenvalue weighted by atomic mass is 9.75. The zero-order valence-corrected chi connectivity index (χ0v) is 20.4. The monoisotopic (exact) mass is 457 g/mol. The number of H-pyrrole nitrogens is 1. The van der Waals surface area contributed by atoms with Crippen molar-refractivity contribution >= 4 is 28.9 Å². The summed E-state index contributed by atoms with van der Waals surface area (Å²) in [7, 11) is 0. The molecule has 2 N–H and O–H groups in total. The molecule has 180 valence electrons. The molecule has 0 saturated carbocycles. The fourth-order valence-corrected chi connectivity index (χ4v) is 4.06. The van der Waals surface area contributed by atoms with E-state index < -0.39 is 28.9 Å². The van der Waals surface area contributed by atoms with Crippen LogP contribution in [-0.2, 0) is 29.5 Å². The molecule has 1 aromatic heterocycles. The van der Waals surface area contributed by atoms with E-state index in [4.69, 9.17) is 9.47 Å². The molecule has 1 aliphatic heterocycles. The number of hydrogen-bond donors (Lipinski definition) is 2. The van der Waals surface area contributed by atoms with E-state index in [1.165, 1.54) is 0 Å². The first-order chi connectivity index (χ1) is 15.3. The first-order valence-corrected chi connectivity index (χ1v) is 11.5. The Morgan fingerprint density at radius 1 is 1.03 bits per heavy atom. The molecule has 1 saturated heterocycles. The van der Waals surface area contributed by atoms with Crippen LogP contribution in [0.3, 0.4) is 0 Å². The average molecular weight is 458 g/mol. The van der Waals surface area contributed by atoms with Gasteiger partial charge >= 0.3 is 17.9 Å². The second-order valence-corrected chi connectivity index (χ2v) is 11.0. The smallest absolute Gasteiger partial charge is 0.366 e. The third-order valence-electron chi connectivity index (χ3n) is 5.87. The lowest BCUT2D eigenvalue weighted by Gasteiger charge is -2.40. The molecule has 2 heterocycles. The number of rotatable bonds is 5. The Morgan fingerprint density at radius 3 is 2.24 bits per heavy atom. The lowest BCUT2D eigenvalue weighted by Crippen LogP contribution is -2.53. The lowest BCUT2D eigenvalue weighted by molar-refractivity contribution is -0.205. The first kappa shape index (κ1) is 24.9. The van der Waals surface area contributed by atoms with E-state index in [0.29, 0.717) is 37.0 Å². The molecule has 0 amide bonds. The van der Waals surface area contributed by atoms with Gasteiger partial charge in [-0.05, 0) is 43.5 Å². The minimum Gasteiger partial charge on any atom is -0.438 e. The van der Waals surface area contributed by atoms with Crippen LogP contribution in [0.5, 0.6) is 0 Å². The molecule has 3 rings (SSSR count). The second-order valence-electron chi connectivity index (χ2n) is 11.0. The highest BCUT2D eigenvalue weighted by Crippen LogP contribution is 2.44. The Balaban J connectivity index is 2.06. The standard InChI is InChI=1S/C25H35N3O5/c1-23(2,3)15-19(29)33-25(24(4,5)6,21-27-17-9-7-8-10-18(17)28-21)22(31)32-20(30)16-11-13-26-14-12-16/h7-10,16,26H,11-15H2,1-6H3,(H,27,28). The molecule has 0 aliphatic carbocycles. The summed E-state index contributed by atoms with van der Waals surface area (Å²) in [5.41, 5.74) is -1.96. The van der Waals surface area contributed by atoms with Gasteiger partial charge in [0.25, 0.3) is 5.60 Å². The number of aromatic nitrogens is 2. The molecule has 33 heavy (non-hydrogen) atoms. The second kappa shape index (κ2) is 9.25. The van der Waals surface area contributed by atoms with Gasteiger partial charge in [-0.3, -0.25) is 9.59 Å². The molecule has 1 aliphatic rings. The topological polar surface area (TPSA) is 110 Å². The fraction of sp³-hybridized carbons (Fsp3) is 0.600. The number of para-hydroxylation sites is 2. The number of ether oxygens (including phenoxy) is 2. The zero-order valence-electron chi connectivity index (χ0n) is 20.4. The maximum atomic E-state index is 13.7. The van der Waals surface area contributed by atoms with Gasteiger partial charge in [0.15, 0.2) is 5.82 Å². The van der Waals surface area contributed by atoms with Crippen molar-refractivity contribution in [3.8, 4) is 0 Å². The molecular weight excluding hydrogens is 422 g/mol. The number of imidazole rings is 1. The van der Waals surface area contributed by atoms with Gasteiger partial charge in [-0.15, -0.1) is 0 Å². The molecule has 1 atom stereocenters. The number of aromatic amines is 1. The SMILES string of the molecule is CC(C)(C)CC(=O)OC(C(=O)OC(=O)C1CCNCC1)(c1nc2ccccc2[nH]1)C(C)(C)C. The summed E-state index contributed by atoms with van der Waals surface area (Å²) in [5, 5.41) is 3.19. The summed E-state index contributed by atoms with van der Waals surface area (Å²) in [6.07, 6.45) is 1.26. The summed E-state index contributed by atoms with van der Waals surface area (Å²) < 4.78 is 11.4. The molecule has 1 fully saturated rings.